The zero-order valence-corrected chi connectivity index (χ0v) is 15.3. The fourth-order valence-electron chi connectivity index (χ4n) is 3.72. The van der Waals surface area contributed by atoms with Gasteiger partial charge in [-0.2, -0.15) is 0 Å². The minimum Gasteiger partial charge on any atom is -0.481 e. The van der Waals surface area contributed by atoms with Crippen LogP contribution in [0.4, 0.5) is 0 Å². The number of carboxylic acids is 1. The van der Waals surface area contributed by atoms with Crippen LogP contribution in [-0.2, 0) is 16.1 Å². The topological polar surface area (TPSA) is 101 Å². The predicted octanol–water partition coefficient (Wildman–Crippen LogP) is 2.33. The third-order valence-electron chi connectivity index (χ3n) is 5.24. The molecular formula is C20H25N3O4. The highest BCUT2D eigenvalue weighted by atomic mass is 16.4. The van der Waals surface area contributed by atoms with E-state index in [0.717, 1.165) is 25.7 Å². The van der Waals surface area contributed by atoms with Crippen molar-refractivity contribution in [1.29, 1.82) is 0 Å². The van der Waals surface area contributed by atoms with Crippen molar-refractivity contribution in [2.24, 2.45) is 5.92 Å². The molecule has 1 amide bonds. The average Bonchev–Trinajstić information content (AvgIpc) is 2.63. The van der Waals surface area contributed by atoms with Crippen LogP contribution in [0.3, 0.4) is 0 Å². The Bertz CT molecular complexity index is 877. The lowest BCUT2D eigenvalue weighted by molar-refractivity contribution is -0.143. The van der Waals surface area contributed by atoms with Crippen molar-refractivity contribution in [3.63, 3.8) is 0 Å². The van der Waals surface area contributed by atoms with Gasteiger partial charge in [0.05, 0.1) is 23.1 Å². The third-order valence-corrected chi connectivity index (χ3v) is 5.24. The summed E-state index contributed by atoms with van der Waals surface area (Å²) in [5, 5.41) is 12.9. The Kier molecular flexibility index (Phi) is 6.21. The number of carbonyl (C=O) groups excluding carboxylic acids is 1. The molecule has 0 aliphatic heterocycles. The van der Waals surface area contributed by atoms with Gasteiger partial charge < -0.3 is 10.4 Å². The molecule has 3 rings (SSSR count). The maximum absolute atomic E-state index is 12.5. The molecule has 144 valence electrons. The second-order valence-corrected chi connectivity index (χ2v) is 7.12. The summed E-state index contributed by atoms with van der Waals surface area (Å²) in [4.78, 5) is 40.7. The Balaban J connectivity index is 1.64. The molecular weight excluding hydrogens is 346 g/mol. The summed E-state index contributed by atoms with van der Waals surface area (Å²) in [5.74, 6) is -1.62. The number of aromatic nitrogens is 2. The summed E-state index contributed by atoms with van der Waals surface area (Å²) in [6.45, 7) is 0.215. The first-order valence-electron chi connectivity index (χ1n) is 9.52. The number of hydrogen-bond donors (Lipinski definition) is 2. The summed E-state index contributed by atoms with van der Waals surface area (Å²) < 4.78 is 1.43. The van der Waals surface area contributed by atoms with Gasteiger partial charge in [-0.25, -0.2) is 4.98 Å². The quantitative estimate of drug-likeness (QED) is 0.840. The molecule has 2 aromatic rings. The summed E-state index contributed by atoms with van der Waals surface area (Å²) in [7, 11) is 0. The molecule has 1 fully saturated rings. The van der Waals surface area contributed by atoms with Crippen LogP contribution >= 0.6 is 0 Å². The van der Waals surface area contributed by atoms with Crippen molar-refractivity contribution in [2.45, 2.75) is 57.5 Å². The van der Waals surface area contributed by atoms with Gasteiger partial charge in [-0.15, -0.1) is 0 Å². The molecule has 1 aliphatic rings. The smallest absolute Gasteiger partial charge is 0.308 e. The number of nitrogens with one attached hydrogen (secondary N) is 1. The molecule has 1 heterocycles. The molecule has 2 unspecified atom stereocenters. The van der Waals surface area contributed by atoms with E-state index >= 15 is 0 Å². The Hall–Kier alpha value is -2.70. The fraction of sp³-hybridized carbons (Fsp3) is 0.500. The van der Waals surface area contributed by atoms with E-state index in [0.29, 0.717) is 23.7 Å². The van der Waals surface area contributed by atoms with Crippen molar-refractivity contribution < 1.29 is 14.7 Å². The summed E-state index contributed by atoms with van der Waals surface area (Å²) in [5.41, 5.74) is 0.449. The largest absolute Gasteiger partial charge is 0.481 e. The first kappa shape index (κ1) is 19.1. The van der Waals surface area contributed by atoms with Crippen molar-refractivity contribution in [3.8, 4) is 0 Å². The first-order chi connectivity index (χ1) is 13.1. The number of hydrogen-bond acceptors (Lipinski definition) is 4. The predicted molar refractivity (Wildman–Crippen MR) is 101 cm³/mol. The SMILES string of the molecule is O=C(CCn1cnc2ccccc2c1=O)NC1CCCCCCC1C(=O)O. The molecule has 2 atom stereocenters. The van der Waals surface area contributed by atoms with Gasteiger partial charge in [-0.3, -0.25) is 19.0 Å². The highest BCUT2D eigenvalue weighted by molar-refractivity contribution is 5.78. The number of benzene rings is 1. The molecule has 0 saturated heterocycles. The van der Waals surface area contributed by atoms with Crippen LogP contribution in [-0.4, -0.2) is 32.6 Å². The lowest BCUT2D eigenvalue weighted by atomic mass is 9.86. The van der Waals surface area contributed by atoms with Gasteiger partial charge in [0, 0.05) is 19.0 Å². The minimum absolute atomic E-state index is 0.114. The standard InChI is InChI=1S/C20H25N3O4/c24-18(22-17-10-4-2-1-3-8-15(17)20(26)27)11-12-23-13-21-16-9-6-5-7-14(16)19(23)25/h5-7,9,13,15,17H,1-4,8,10-12H2,(H,22,24)(H,26,27). The van der Waals surface area contributed by atoms with Crippen LogP contribution in [0.5, 0.6) is 0 Å². The van der Waals surface area contributed by atoms with Gasteiger partial charge in [0.15, 0.2) is 0 Å². The van der Waals surface area contributed by atoms with Gasteiger partial charge in [0.2, 0.25) is 5.91 Å². The van der Waals surface area contributed by atoms with Crippen molar-refractivity contribution >= 4 is 22.8 Å². The van der Waals surface area contributed by atoms with Gasteiger partial charge in [0.1, 0.15) is 0 Å². The number of amides is 1. The van der Waals surface area contributed by atoms with E-state index in [1.807, 2.05) is 6.07 Å². The Labute approximate surface area is 157 Å². The molecule has 2 N–H and O–H groups in total. The average molecular weight is 371 g/mol. The zero-order valence-electron chi connectivity index (χ0n) is 15.3. The Morgan fingerprint density at radius 3 is 2.67 bits per heavy atom. The van der Waals surface area contributed by atoms with E-state index in [9.17, 15) is 19.5 Å². The molecule has 0 bridgehead atoms. The Morgan fingerprint density at radius 2 is 1.89 bits per heavy atom. The molecule has 7 heteroatoms. The first-order valence-corrected chi connectivity index (χ1v) is 9.52. The van der Waals surface area contributed by atoms with Crippen LogP contribution in [0, 0.1) is 5.92 Å². The van der Waals surface area contributed by atoms with E-state index in [2.05, 4.69) is 10.3 Å². The van der Waals surface area contributed by atoms with Crippen LogP contribution in [0.1, 0.15) is 44.9 Å². The molecule has 7 nitrogen and oxygen atoms in total. The summed E-state index contributed by atoms with van der Waals surface area (Å²) in [6.07, 6.45) is 6.74. The van der Waals surface area contributed by atoms with E-state index in [1.54, 1.807) is 18.2 Å². The van der Waals surface area contributed by atoms with E-state index in [1.165, 1.54) is 10.9 Å². The molecule has 0 radical (unpaired) electrons. The lowest BCUT2D eigenvalue weighted by Crippen LogP contribution is -2.44. The van der Waals surface area contributed by atoms with Crippen LogP contribution in [0.2, 0.25) is 0 Å². The Morgan fingerprint density at radius 1 is 1.15 bits per heavy atom. The highest BCUT2D eigenvalue weighted by Crippen LogP contribution is 2.23. The second-order valence-electron chi connectivity index (χ2n) is 7.12. The molecule has 1 aliphatic carbocycles. The monoisotopic (exact) mass is 371 g/mol. The van der Waals surface area contributed by atoms with Crippen molar-refractivity contribution in [3.05, 3.63) is 40.9 Å². The van der Waals surface area contributed by atoms with Crippen LogP contribution < -0.4 is 10.9 Å². The molecule has 1 aromatic carbocycles. The van der Waals surface area contributed by atoms with Crippen LogP contribution in [0.15, 0.2) is 35.4 Å². The van der Waals surface area contributed by atoms with Crippen molar-refractivity contribution in [2.75, 3.05) is 0 Å². The molecule has 27 heavy (non-hydrogen) atoms. The second kappa shape index (κ2) is 8.79. The van der Waals surface area contributed by atoms with Crippen LogP contribution in [0.25, 0.3) is 10.9 Å². The number of rotatable bonds is 5. The number of fused-ring (bicyclic) bond motifs is 1. The molecule has 1 saturated carbocycles. The fourth-order valence-corrected chi connectivity index (χ4v) is 3.72. The zero-order chi connectivity index (χ0) is 19.2. The lowest BCUT2D eigenvalue weighted by Gasteiger charge is -2.27. The molecule has 1 aromatic heterocycles. The number of aliphatic carboxylic acids is 1. The maximum atomic E-state index is 12.5. The highest BCUT2D eigenvalue weighted by Gasteiger charge is 2.29. The van der Waals surface area contributed by atoms with Gasteiger partial charge >= 0.3 is 5.97 Å². The summed E-state index contributed by atoms with van der Waals surface area (Å²) in [6, 6.07) is 6.74. The number of carbonyl (C=O) groups is 2. The minimum atomic E-state index is -0.850. The van der Waals surface area contributed by atoms with E-state index in [4.69, 9.17) is 0 Å². The number of carboxylic acid groups (broad SMARTS) is 1. The van der Waals surface area contributed by atoms with Gasteiger partial charge in [0.25, 0.3) is 5.56 Å². The third kappa shape index (κ3) is 4.72. The number of nitrogens with zero attached hydrogens (tertiary/aromatic N) is 2. The maximum Gasteiger partial charge on any atom is 0.308 e. The van der Waals surface area contributed by atoms with E-state index < -0.39 is 11.9 Å². The van der Waals surface area contributed by atoms with E-state index in [-0.39, 0.29) is 30.5 Å². The normalized spacial score (nSPS) is 20.6. The number of aryl methyl sites for hydroxylation is 1. The number of para-hydroxylation sites is 1. The van der Waals surface area contributed by atoms with Gasteiger partial charge in [-0.05, 0) is 25.0 Å². The molecule has 0 spiro atoms. The summed E-state index contributed by atoms with van der Waals surface area (Å²) >= 11 is 0. The van der Waals surface area contributed by atoms with Gasteiger partial charge in [-0.1, -0.05) is 37.8 Å². The van der Waals surface area contributed by atoms with Crippen molar-refractivity contribution in [1.82, 2.24) is 14.9 Å².